The summed E-state index contributed by atoms with van der Waals surface area (Å²) in [5.74, 6) is -1.06. The SMILES string of the molecule is Cc1ccc(C2(C(=O)O)CNC(=O)N2)cc1. The van der Waals surface area contributed by atoms with Crippen LogP contribution >= 0.6 is 0 Å². The monoisotopic (exact) mass is 220 g/mol. The van der Waals surface area contributed by atoms with E-state index in [1.165, 1.54) is 0 Å². The first-order valence-corrected chi connectivity index (χ1v) is 4.91. The normalized spacial score (nSPS) is 23.7. The number of nitrogens with one attached hydrogen (secondary N) is 2. The Morgan fingerprint density at radius 3 is 2.44 bits per heavy atom. The third-order valence-electron chi connectivity index (χ3n) is 2.75. The zero-order valence-corrected chi connectivity index (χ0v) is 8.78. The Hall–Kier alpha value is -2.04. The number of rotatable bonds is 2. The van der Waals surface area contributed by atoms with Gasteiger partial charge in [0.15, 0.2) is 5.54 Å². The molecule has 84 valence electrons. The Labute approximate surface area is 92.5 Å². The molecule has 2 rings (SSSR count). The van der Waals surface area contributed by atoms with Crippen molar-refractivity contribution in [3.63, 3.8) is 0 Å². The summed E-state index contributed by atoms with van der Waals surface area (Å²) in [7, 11) is 0. The minimum atomic E-state index is -1.34. The highest BCUT2D eigenvalue weighted by Crippen LogP contribution is 2.24. The van der Waals surface area contributed by atoms with Gasteiger partial charge < -0.3 is 15.7 Å². The lowest BCUT2D eigenvalue weighted by Crippen LogP contribution is -2.47. The van der Waals surface area contributed by atoms with Crippen LogP contribution in [0.5, 0.6) is 0 Å². The fraction of sp³-hybridized carbons (Fsp3) is 0.273. The lowest BCUT2D eigenvalue weighted by molar-refractivity contribution is -0.143. The summed E-state index contributed by atoms with van der Waals surface area (Å²) in [4.78, 5) is 22.4. The number of hydrogen-bond donors (Lipinski definition) is 3. The number of urea groups is 1. The Bertz CT molecular complexity index is 441. The molecule has 2 amide bonds. The van der Waals surface area contributed by atoms with E-state index in [4.69, 9.17) is 0 Å². The average molecular weight is 220 g/mol. The predicted octanol–water partition coefficient (Wildman–Crippen LogP) is 0.588. The third-order valence-corrected chi connectivity index (χ3v) is 2.75. The molecule has 1 atom stereocenters. The van der Waals surface area contributed by atoms with Crippen LogP contribution in [0.25, 0.3) is 0 Å². The molecule has 1 fully saturated rings. The van der Waals surface area contributed by atoms with Gasteiger partial charge in [-0.25, -0.2) is 9.59 Å². The van der Waals surface area contributed by atoms with Gasteiger partial charge in [0.25, 0.3) is 0 Å². The van der Waals surface area contributed by atoms with Crippen LogP contribution in [0, 0.1) is 6.92 Å². The van der Waals surface area contributed by atoms with Crippen molar-refractivity contribution in [2.24, 2.45) is 0 Å². The molecule has 1 heterocycles. The summed E-state index contributed by atoms with van der Waals surface area (Å²) in [6.45, 7) is 1.98. The largest absolute Gasteiger partial charge is 0.479 e. The van der Waals surface area contributed by atoms with Crippen molar-refractivity contribution in [3.05, 3.63) is 35.4 Å². The fourth-order valence-corrected chi connectivity index (χ4v) is 1.76. The number of carbonyl (C=O) groups is 2. The molecular formula is C11H12N2O3. The highest BCUT2D eigenvalue weighted by Gasteiger charge is 2.46. The first-order valence-electron chi connectivity index (χ1n) is 4.91. The second-order valence-corrected chi connectivity index (χ2v) is 3.88. The van der Waals surface area contributed by atoms with Crippen LogP contribution in [-0.4, -0.2) is 23.7 Å². The summed E-state index contributed by atoms with van der Waals surface area (Å²) in [5, 5.41) is 14.2. The molecule has 1 aliphatic heterocycles. The molecule has 1 saturated heterocycles. The van der Waals surface area contributed by atoms with Crippen LogP contribution in [0.15, 0.2) is 24.3 Å². The standard InChI is InChI=1S/C11H12N2O3/c1-7-2-4-8(5-3-7)11(9(14)15)6-12-10(16)13-11/h2-5H,6H2,1H3,(H,14,15)(H2,12,13,16). The maximum atomic E-state index is 11.3. The average Bonchev–Trinajstić information content (AvgIpc) is 2.63. The number of aryl methyl sites for hydroxylation is 1. The summed E-state index contributed by atoms with van der Waals surface area (Å²) in [5.41, 5.74) is 0.274. The number of aliphatic carboxylic acids is 1. The zero-order chi connectivity index (χ0) is 11.8. The Morgan fingerprint density at radius 2 is 2.00 bits per heavy atom. The molecule has 1 aromatic rings. The quantitative estimate of drug-likeness (QED) is 0.682. The Kier molecular flexibility index (Phi) is 2.30. The van der Waals surface area contributed by atoms with E-state index >= 15 is 0 Å². The molecule has 16 heavy (non-hydrogen) atoms. The van der Waals surface area contributed by atoms with Gasteiger partial charge >= 0.3 is 12.0 Å². The molecular weight excluding hydrogens is 208 g/mol. The van der Waals surface area contributed by atoms with Crippen molar-refractivity contribution in [1.29, 1.82) is 0 Å². The number of amides is 2. The van der Waals surface area contributed by atoms with E-state index in [9.17, 15) is 14.7 Å². The van der Waals surface area contributed by atoms with Crippen LogP contribution in [0.1, 0.15) is 11.1 Å². The van der Waals surface area contributed by atoms with Gasteiger partial charge in [-0.15, -0.1) is 0 Å². The van der Waals surface area contributed by atoms with Crippen molar-refractivity contribution in [1.82, 2.24) is 10.6 Å². The van der Waals surface area contributed by atoms with Gasteiger partial charge in [0.05, 0.1) is 6.54 Å². The Balaban J connectivity index is 2.44. The van der Waals surface area contributed by atoms with E-state index < -0.39 is 17.5 Å². The number of carboxylic acid groups (broad SMARTS) is 1. The Morgan fingerprint density at radius 1 is 1.38 bits per heavy atom. The summed E-state index contributed by atoms with van der Waals surface area (Å²) >= 11 is 0. The second-order valence-electron chi connectivity index (χ2n) is 3.88. The molecule has 1 unspecified atom stereocenters. The van der Waals surface area contributed by atoms with Crippen molar-refractivity contribution < 1.29 is 14.7 Å². The van der Waals surface area contributed by atoms with E-state index in [2.05, 4.69) is 10.6 Å². The highest BCUT2D eigenvalue weighted by atomic mass is 16.4. The predicted molar refractivity (Wildman–Crippen MR) is 57.0 cm³/mol. The molecule has 1 aliphatic rings. The zero-order valence-electron chi connectivity index (χ0n) is 8.78. The summed E-state index contributed by atoms with van der Waals surface area (Å²) in [6.07, 6.45) is 0. The van der Waals surface area contributed by atoms with Crippen molar-refractivity contribution >= 4 is 12.0 Å². The lowest BCUT2D eigenvalue weighted by Gasteiger charge is -2.23. The van der Waals surface area contributed by atoms with Crippen LogP contribution in [0.2, 0.25) is 0 Å². The molecule has 5 heteroatoms. The summed E-state index contributed by atoms with van der Waals surface area (Å²) in [6, 6.07) is 6.63. The van der Waals surface area contributed by atoms with Crippen molar-refractivity contribution in [2.75, 3.05) is 6.54 Å². The molecule has 1 aromatic carbocycles. The smallest absolute Gasteiger partial charge is 0.336 e. The van der Waals surface area contributed by atoms with Crippen molar-refractivity contribution in [2.45, 2.75) is 12.5 Å². The molecule has 0 aliphatic carbocycles. The van der Waals surface area contributed by atoms with Crippen LogP contribution in [0.3, 0.4) is 0 Å². The van der Waals surface area contributed by atoms with Gasteiger partial charge in [0.2, 0.25) is 0 Å². The van der Waals surface area contributed by atoms with Gasteiger partial charge in [0, 0.05) is 0 Å². The van der Waals surface area contributed by atoms with Gasteiger partial charge in [-0.05, 0) is 12.5 Å². The van der Waals surface area contributed by atoms with Crippen LogP contribution in [0.4, 0.5) is 4.79 Å². The first kappa shape index (κ1) is 10.5. The number of benzene rings is 1. The fourth-order valence-electron chi connectivity index (χ4n) is 1.76. The van der Waals surface area contributed by atoms with Gasteiger partial charge in [-0.1, -0.05) is 29.8 Å². The van der Waals surface area contributed by atoms with Gasteiger partial charge in [0.1, 0.15) is 0 Å². The molecule has 3 N–H and O–H groups in total. The minimum Gasteiger partial charge on any atom is -0.479 e. The number of carbonyl (C=O) groups excluding carboxylic acids is 1. The van der Waals surface area contributed by atoms with Crippen molar-refractivity contribution in [3.8, 4) is 0 Å². The minimum absolute atomic E-state index is 0.0597. The third kappa shape index (κ3) is 1.50. The summed E-state index contributed by atoms with van der Waals surface area (Å²) < 4.78 is 0. The van der Waals surface area contributed by atoms with E-state index in [0.29, 0.717) is 5.56 Å². The molecule has 0 aromatic heterocycles. The first-order chi connectivity index (χ1) is 7.54. The molecule has 0 spiro atoms. The molecule has 5 nitrogen and oxygen atoms in total. The van der Waals surface area contributed by atoms with Gasteiger partial charge in [-0.2, -0.15) is 0 Å². The maximum absolute atomic E-state index is 11.3. The maximum Gasteiger partial charge on any atom is 0.336 e. The topological polar surface area (TPSA) is 78.4 Å². The molecule has 0 saturated carbocycles. The molecule has 0 bridgehead atoms. The van der Waals surface area contributed by atoms with E-state index in [1.54, 1.807) is 12.1 Å². The molecule has 0 radical (unpaired) electrons. The van der Waals surface area contributed by atoms with Gasteiger partial charge in [-0.3, -0.25) is 0 Å². The second kappa shape index (κ2) is 3.52. The highest BCUT2D eigenvalue weighted by molar-refractivity contribution is 5.91. The van der Waals surface area contributed by atoms with E-state index in [0.717, 1.165) is 5.56 Å². The van der Waals surface area contributed by atoms with Crippen LogP contribution in [-0.2, 0) is 10.3 Å². The number of carboxylic acids is 1. The van der Waals surface area contributed by atoms with E-state index in [-0.39, 0.29) is 6.54 Å². The van der Waals surface area contributed by atoms with Crippen LogP contribution < -0.4 is 10.6 Å². The van der Waals surface area contributed by atoms with E-state index in [1.807, 2.05) is 19.1 Å². The number of hydrogen-bond acceptors (Lipinski definition) is 2. The lowest BCUT2D eigenvalue weighted by atomic mass is 9.90.